The summed E-state index contributed by atoms with van der Waals surface area (Å²) in [5, 5.41) is 7.92. The Morgan fingerprint density at radius 1 is 1.33 bits per heavy atom. The average molecular weight is 387 g/mol. The van der Waals surface area contributed by atoms with Crippen LogP contribution in [0.4, 0.5) is 4.39 Å². The number of carbonyl (C=O) groups is 2. The quantitative estimate of drug-likeness (QED) is 0.659. The number of benzene rings is 1. The number of hydrogen-bond donors (Lipinski definition) is 1. The zero-order valence-electron chi connectivity index (χ0n) is 14.7. The van der Waals surface area contributed by atoms with Crippen LogP contribution in [0.15, 0.2) is 30.3 Å². The minimum atomic E-state index is -0.426. The molecule has 2 heterocycles. The molecule has 1 N–H and O–H groups in total. The topological polar surface area (TPSA) is 73.2 Å². The Labute approximate surface area is 158 Å². The molecule has 4 rings (SSSR count). The van der Waals surface area contributed by atoms with Gasteiger partial charge in [0.1, 0.15) is 17.2 Å². The van der Waals surface area contributed by atoms with Crippen LogP contribution in [0.5, 0.6) is 0 Å². The second-order valence-corrected chi connectivity index (χ2v) is 7.64. The van der Waals surface area contributed by atoms with E-state index in [-0.39, 0.29) is 18.3 Å². The van der Waals surface area contributed by atoms with Gasteiger partial charge >= 0.3 is 5.97 Å². The second kappa shape index (κ2) is 7.11. The van der Waals surface area contributed by atoms with Crippen molar-refractivity contribution < 1.29 is 18.7 Å². The number of carbonyl (C=O) groups excluding carboxylic acids is 2. The van der Waals surface area contributed by atoms with E-state index in [9.17, 15) is 14.0 Å². The van der Waals surface area contributed by atoms with Crippen molar-refractivity contribution in [1.82, 2.24) is 15.1 Å². The maximum Gasteiger partial charge on any atom is 0.325 e. The molecule has 1 saturated carbocycles. The Morgan fingerprint density at radius 2 is 2.07 bits per heavy atom. The lowest BCUT2D eigenvalue weighted by Gasteiger charge is -2.05. The molecule has 0 bridgehead atoms. The average Bonchev–Trinajstić information content (AvgIpc) is 3.30. The summed E-state index contributed by atoms with van der Waals surface area (Å²) in [6, 6.07) is 7.76. The fraction of sp³-hybridized carbons (Fsp3) is 0.316. The van der Waals surface area contributed by atoms with E-state index in [2.05, 4.69) is 10.4 Å². The number of fused-ring (bicyclic) bond motifs is 1. The van der Waals surface area contributed by atoms with Crippen LogP contribution in [0.2, 0.25) is 0 Å². The molecule has 0 saturated heterocycles. The lowest BCUT2D eigenvalue weighted by atomic mass is 10.3. The highest BCUT2D eigenvalue weighted by Crippen LogP contribution is 2.30. The molecule has 3 aromatic rings. The van der Waals surface area contributed by atoms with E-state index in [1.54, 1.807) is 22.9 Å². The lowest BCUT2D eigenvalue weighted by molar-refractivity contribution is -0.142. The largest absolute Gasteiger partial charge is 0.464 e. The van der Waals surface area contributed by atoms with E-state index in [0.717, 1.165) is 28.8 Å². The molecular formula is C19H18FN3O3S. The van der Waals surface area contributed by atoms with Crippen molar-refractivity contribution in [3.63, 3.8) is 0 Å². The first-order valence-electron chi connectivity index (χ1n) is 8.70. The zero-order chi connectivity index (χ0) is 19.0. The van der Waals surface area contributed by atoms with Crippen molar-refractivity contribution >= 4 is 33.4 Å². The number of nitrogens with one attached hydrogen (secondary N) is 1. The van der Waals surface area contributed by atoms with Gasteiger partial charge in [0, 0.05) is 5.39 Å². The molecule has 140 valence electrons. The number of hydrogen-bond acceptors (Lipinski definition) is 5. The molecule has 0 unspecified atom stereocenters. The maximum absolute atomic E-state index is 13.2. The van der Waals surface area contributed by atoms with Gasteiger partial charge < -0.3 is 10.1 Å². The Bertz CT molecular complexity index is 1010. The molecule has 8 heteroatoms. The molecule has 0 aliphatic heterocycles. The summed E-state index contributed by atoms with van der Waals surface area (Å²) >= 11 is 1.27. The van der Waals surface area contributed by atoms with E-state index in [0.29, 0.717) is 23.1 Å². The van der Waals surface area contributed by atoms with Crippen molar-refractivity contribution in [3.8, 4) is 5.69 Å². The normalized spacial score (nSPS) is 13.7. The minimum Gasteiger partial charge on any atom is -0.464 e. The first-order chi connectivity index (χ1) is 13.0. The maximum atomic E-state index is 13.2. The van der Waals surface area contributed by atoms with E-state index < -0.39 is 5.97 Å². The molecule has 1 aromatic carbocycles. The van der Waals surface area contributed by atoms with Gasteiger partial charge in [-0.1, -0.05) is 0 Å². The number of nitrogens with zero attached hydrogens (tertiary/aromatic N) is 2. The summed E-state index contributed by atoms with van der Waals surface area (Å²) < 4.78 is 20.0. The number of esters is 1. The summed E-state index contributed by atoms with van der Waals surface area (Å²) in [6.07, 6.45) is 2.21. The third-order valence-corrected chi connectivity index (χ3v) is 5.52. The summed E-state index contributed by atoms with van der Waals surface area (Å²) in [7, 11) is 0. The highest BCUT2D eigenvalue weighted by molar-refractivity contribution is 7.20. The van der Waals surface area contributed by atoms with Gasteiger partial charge in [-0.2, -0.15) is 5.10 Å². The smallest absolute Gasteiger partial charge is 0.325 e. The summed E-state index contributed by atoms with van der Waals surface area (Å²) in [6.45, 7) is 2.14. The third kappa shape index (κ3) is 3.85. The molecule has 0 spiro atoms. The number of rotatable bonds is 6. The number of aromatic nitrogens is 2. The number of amides is 1. The monoisotopic (exact) mass is 387 g/mol. The van der Waals surface area contributed by atoms with E-state index >= 15 is 0 Å². The fourth-order valence-corrected chi connectivity index (χ4v) is 3.80. The Hall–Kier alpha value is -2.74. The van der Waals surface area contributed by atoms with Gasteiger partial charge in [0.05, 0.1) is 22.9 Å². The van der Waals surface area contributed by atoms with Gasteiger partial charge in [-0.15, -0.1) is 11.3 Å². The van der Waals surface area contributed by atoms with Crippen molar-refractivity contribution in [1.29, 1.82) is 0 Å². The standard InChI is InChI=1S/C19H18FN3O3S/c1-11-15-8-16(18(25)21-9-17(24)26-10-12-2-3-12)27-19(15)23(22-11)14-6-4-13(20)5-7-14/h4-8,12H,2-3,9-10H2,1H3,(H,21,25). The molecule has 1 amide bonds. The van der Waals surface area contributed by atoms with Crippen molar-refractivity contribution in [2.24, 2.45) is 5.92 Å². The van der Waals surface area contributed by atoms with E-state index in [1.807, 2.05) is 6.92 Å². The number of ether oxygens (including phenoxy) is 1. The summed E-state index contributed by atoms with van der Waals surface area (Å²) in [4.78, 5) is 25.3. The molecule has 27 heavy (non-hydrogen) atoms. The molecule has 1 aliphatic rings. The highest BCUT2D eigenvalue weighted by Gasteiger charge is 2.23. The Morgan fingerprint density at radius 3 is 2.78 bits per heavy atom. The first-order valence-corrected chi connectivity index (χ1v) is 9.52. The number of thiophene rings is 1. The van der Waals surface area contributed by atoms with Crippen LogP contribution in [0.25, 0.3) is 15.9 Å². The van der Waals surface area contributed by atoms with Gasteiger partial charge in [-0.05, 0) is 56.0 Å². The fourth-order valence-electron chi connectivity index (χ4n) is 2.70. The summed E-state index contributed by atoms with van der Waals surface area (Å²) in [5.41, 5.74) is 1.49. The summed E-state index contributed by atoms with van der Waals surface area (Å²) in [5.74, 6) is -0.585. The van der Waals surface area contributed by atoms with Gasteiger partial charge in [0.25, 0.3) is 5.91 Å². The minimum absolute atomic E-state index is 0.150. The molecule has 2 aromatic heterocycles. The molecule has 0 atom stereocenters. The Kier molecular flexibility index (Phi) is 4.65. The third-order valence-electron chi connectivity index (χ3n) is 4.41. The first kappa shape index (κ1) is 17.7. The highest BCUT2D eigenvalue weighted by atomic mass is 32.1. The predicted molar refractivity (Wildman–Crippen MR) is 99.7 cm³/mol. The van der Waals surface area contributed by atoms with Gasteiger partial charge in [-0.3, -0.25) is 9.59 Å². The van der Waals surface area contributed by atoms with Crippen LogP contribution in [-0.4, -0.2) is 34.8 Å². The SMILES string of the molecule is Cc1nn(-c2ccc(F)cc2)c2sc(C(=O)NCC(=O)OCC3CC3)cc12. The predicted octanol–water partition coefficient (Wildman–Crippen LogP) is 3.22. The van der Waals surface area contributed by atoms with Crippen LogP contribution < -0.4 is 5.32 Å². The number of halogens is 1. The molecule has 0 radical (unpaired) electrons. The Balaban J connectivity index is 1.49. The van der Waals surface area contributed by atoms with Crippen LogP contribution >= 0.6 is 11.3 Å². The van der Waals surface area contributed by atoms with Crippen LogP contribution in [-0.2, 0) is 9.53 Å². The van der Waals surface area contributed by atoms with Gasteiger partial charge in [-0.25, -0.2) is 9.07 Å². The van der Waals surface area contributed by atoms with Crippen LogP contribution in [0.1, 0.15) is 28.2 Å². The van der Waals surface area contributed by atoms with E-state index in [4.69, 9.17) is 4.74 Å². The second-order valence-electron chi connectivity index (χ2n) is 6.61. The lowest BCUT2D eigenvalue weighted by Crippen LogP contribution is -2.30. The number of aryl methyl sites for hydroxylation is 1. The van der Waals surface area contributed by atoms with Crippen LogP contribution in [0, 0.1) is 18.7 Å². The van der Waals surface area contributed by atoms with E-state index in [1.165, 1.54) is 23.5 Å². The van der Waals surface area contributed by atoms with Crippen molar-refractivity contribution in [2.75, 3.05) is 13.2 Å². The van der Waals surface area contributed by atoms with Gasteiger partial charge in [0.15, 0.2) is 0 Å². The van der Waals surface area contributed by atoms with Crippen molar-refractivity contribution in [2.45, 2.75) is 19.8 Å². The molecule has 1 fully saturated rings. The zero-order valence-corrected chi connectivity index (χ0v) is 15.5. The van der Waals surface area contributed by atoms with Crippen molar-refractivity contribution in [3.05, 3.63) is 46.7 Å². The molecular weight excluding hydrogens is 369 g/mol. The molecule has 6 nitrogen and oxygen atoms in total. The molecule has 1 aliphatic carbocycles. The van der Waals surface area contributed by atoms with Gasteiger partial charge in [0.2, 0.25) is 0 Å². The van der Waals surface area contributed by atoms with Crippen LogP contribution in [0.3, 0.4) is 0 Å².